The Morgan fingerprint density at radius 2 is 2.04 bits per heavy atom. The highest BCUT2D eigenvalue weighted by Crippen LogP contribution is 2.34. The van der Waals surface area contributed by atoms with Gasteiger partial charge in [-0.3, -0.25) is 4.79 Å². The third kappa shape index (κ3) is 2.48. The second-order valence-corrected chi connectivity index (χ2v) is 6.69. The predicted molar refractivity (Wildman–Crippen MR) is 82.8 cm³/mol. The Kier molecular flexibility index (Phi) is 3.64. The lowest BCUT2D eigenvalue weighted by atomic mass is 10.2. The van der Waals surface area contributed by atoms with Crippen molar-refractivity contribution in [1.29, 1.82) is 0 Å². The zero-order chi connectivity index (χ0) is 16.6. The molecular weight excluding hydrogens is 320 g/mol. The summed E-state index contributed by atoms with van der Waals surface area (Å²) >= 11 is 0. The zero-order valence-electron chi connectivity index (χ0n) is 12.4. The van der Waals surface area contributed by atoms with Gasteiger partial charge in [0.1, 0.15) is 10.9 Å². The van der Waals surface area contributed by atoms with Crippen molar-refractivity contribution in [3.05, 3.63) is 36.7 Å². The van der Waals surface area contributed by atoms with E-state index in [-0.39, 0.29) is 10.7 Å². The number of hydrogen-bond acceptors (Lipinski definition) is 6. The van der Waals surface area contributed by atoms with Crippen LogP contribution in [0.25, 0.3) is 0 Å². The molecule has 0 fully saturated rings. The van der Waals surface area contributed by atoms with Crippen molar-refractivity contribution in [3.8, 4) is 5.88 Å². The molecule has 3 rings (SSSR count). The molecule has 8 nitrogen and oxygen atoms in total. The molecule has 0 spiro atoms. The van der Waals surface area contributed by atoms with Crippen molar-refractivity contribution < 1.29 is 17.9 Å². The molecule has 0 aromatic carbocycles. The van der Waals surface area contributed by atoms with Crippen molar-refractivity contribution in [2.75, 3.05) is 16.7 Å². The summed E-state index contributed by atoms with van der Waals surface area (Å²) in [5.41, 5.74) is 0.348. The number of amides is 1. The normalized spacial score (nSPS) is 17.4. The van der Waals surface area contributed by atoms with E-state index in [0.29, 0.717) is 11.6 Å². The fourth-order valence-corrected chi connectivity index (χ4v) is 3.81. The van der Waals surface area contributed by atoms with Crippen LogP contribution in [0.4, 0.5) is 11.5 Å². The second kappa shape index (κ2) is 5.51. The topological polar surface area (TPSA) is 101 Å². The van der Waals surface area contributed by atoms with E-state index in [1.807, 2.05) is 0 Å². The van der Waals surface area contributed by atoms with E-state index in [0.717, 1.165) is 4.31 Å². The molecular formula is C14H14N4O4S. The lowest BCUT2D eigenvalue weighted by Crippen LogP contribution is -2.49. The van der Waals surface area contributed by atoms with Gasteiger partial charge >= 0.3 is 0 Å². The maximum atomic E-state index is 12.9. The molecule has 1 N–H and O–H groups in total. The van der Waals surface area contributed by atoms with Crippen molar-refractivity contribution in [1.82, 2.24) is 9.97 Å². The largest absolute Gasteiger partial charge is 0.481 e. The smallest absolute Gasteiger partial charge is 0.267 e. The number of carbonyl (C=O) groups excluding carboxylic acids is 1. The van der Waals surface area contributed by atoms with E-state index in [4.69, 9.17) is 4.74 Å². The molecule has 0 bridgehead atoms. The number of aromatic nitrogens is 2. The summed E-state index contributed by atoms with van der Waals surface area (Å²) < 4.78 is 31.8. The van der Waals surface area contributed by atoms with Crippen LogP contribution in [0.2, 0.25) is 0 Å². The molecule has 1 unspecified atom stereocenters. The number of fused-ring (bicyclic) bond motifs is 1. The second-order valence-electron chi connectivity index (χ2n) is 4.88. The third-order valence-corrected chi connectivity index (χ3v) is 5.30. The highest BCUT2D eigenvalue weighted by Gasteiger charge is 2.39. The molecule has 1 aliphatic rings. The van der Waals surface area contributed by atoms with E-state index in [1.54, 1.807) is 12.1 Å². The molecule has 0 aliphatic carbocycles. The van der Waals surface area contributed by atoms with Gasteiger partial charge in [0.15, 0.2) is 5.82 Å². The van der Waals surface area contributed by atoms with Crippen LogP contribution < -0.4 is 14.4 Å². The highest BCUT2D eigenvalue weighted by atomic mass is 32.2. The lowest BCUT2D eigenvalue weighted by Gasteiger charge is -2.33. The van der Waals surface area contributed by atoms with E-state index < -0.39 is 22.0 Å². The number of rotatable bonds is 3. The van der Waals surface area contributed by atoms with Crippen LogP contribution >= 0.6 is 0 Å². The van der Waals surface area contributed by atoms with Gasteiger partial charge < -0.3 is 10.1 Å². The van der Waals surface area contributed by atoms with Crippen molar-refractivity contribution >= 4 is 27.4 Å². The Hall–Kier alpha value is -2.68. The Bertz CT molecular complexity index is 851. The average molecular weight is 334 g/mol. The van der Waals surface area contributed by atoms with Crippen LogP contribution in [0.1, 0.15) is 6.92 Å². The number of methoxy groups -OCH3 is 1. The lowest BCUT2D eigenvalue weighted by molar-refractivity contribution is -0.117. The first-order valence-electron chi connectivity index (χ1n) is 6.75. The molecule has 2 aromatic rings. The molecule has 1 atom stereocenters. The number of hydrogen-bond donors (Lipinski definition) is 1. The monoisotopic (exact) mass is 334 g/mol. The standard InChI is InChI=1S/C14H14N4O4S/c1-9-14(19)17-11-4-3-7-15-13(11)18(9)23(20,21)10-5-6-12(22-2)16-8-10/h3-9H,1-2H3,(H,17,19). The molecule has 3 heterocycles. The van der Waals surface area contributed by atoms with Gasteiger partial charge in [0, 0.05) is 12.3 Å². The number of anilines is 2. The van der Waals surface area contributed by atoms with Crippen molar-refractivity contribution in [2.45, 2.75) is 17.9 Å². The van der Waals surface area contributed by atoms with Crippen LogP contribution in [-0.4, -0.2) is 37.4 Å². The average Bonchev–Trinajstić information content (AvgIpc) is 2.55. The molecule has 0 radical (unpaired) electrons. The van der Waals surface area contributed by atoms with Crippen molar-refractivity contribution in [3.63, 3.8) is 0 Å². The zero-order valence-corrected chi connectivity index (χ0v) is 13.2. The van der Waals surface area contributed by atoms with Gasteiger partial charge in [0.25, 0.3) is 10.0 Å². The minimum atomic E-state index is -3.99. The number of nitrogens with zero attached hydrogens (tertiary/aromatic N) is 3. The van der Waals surface area contributed by atoms with Gasteiger partial charge in [-0.1, -0.05) is 0 Å². The van der Waals surface area contributed by atoms with Gasteiger partial charge in [-0.25, -0.2) is 22.7 Å². The van der Waals surface area contributed by atoms with E-state index in [2.05, 4.69) is 15.3 Å². The van der Waals surface area contributed by atoms with Crippen LogP contribution in [0.3, 0.4) is 0 Å². The third-order valence-electron chi connectivity index (χ3n) is 3.46. The Morgan fingerprint density at radius 3 is 2.70 bits per heavy atom. The summed E-state index contributed by atoms with van der Waals surface area (Å²) in [6.45, 7) is 1.50. The summed E-state index contributed by atoms with van der Waals surface area (Å²) in [6.07, 6.45) is 2.66. The Labute approximate surface area is 133 Å². The number of ether oxygens (including phenoxy) is 1. The number of sulfonamides is 1. The molecule has 2 aromatic heterocycles. The first-order valence-corrected chi connectivity index (χ1v) is 8.19. The molecule has 0 saturated carbocycles. The molecule has 9 heteroatoms. The van der Waals surface area contributed by atoms with Gasteiger partial charge in [-0.05, 0) is 25.1 Å². The molecule has 1 amide bonds. The van der Waals surface area contributed by atoms with E-state index in [1.165, 1.54) is 38.6 Å². The summed E-state index contributed by atoms with van der Waals surface area (Å²) in [6, 6.07) is 5.11. The fraction of sp³-hybridized carbons (Fsp3) is 0.214. The molecule has 1 aliphatic heterocycles. The quantitative estimate of drug-likeness (QED) is 0.899. The highest BCUT2D eigenvalue weighted by molar-refractivity contribution is 7.93. The minimum Gasteiger partial charge on any atom is -0.481 e. The fourth-order valence-electron chi connectivity index (χ4n) is 2.27. The van der Waals surface area contributed by atoms with E-state index in [9.17, 15) is 13.2 Å². The summed E-state index contributed by atoms with van der Waals surface area (Å²) in [5, 5.41) is 2.64. The summed E-state index contributed by atoms with van der Waals surface area (Å²) in [4.78, 5) is 20.0. The van der Waals surface area contributed by atoms with E-state index >= 15 is 0 Å². The SMILES string of the molecule is COc1ccc(S(=O)(=O)N2c3ncccc3NC(=O)C2C)cn1. The van der Waals surface area contributed by atoms with Gasteiger partial charge in [-0.15, -0.1) is 0 Å². The van der Waals surface area contributed by atoms with Crippen LogP contribution in [-0.2, 0) is 14.8 Å². The number of carbonyl (C=O) groups is 1. The molecule has 120 valence electrons. The van der Waals surface area contributed by atoms with Gasteiger partial charge in [0.2, 0.25) is 11.8 Å². The van der Waals surface area contributed by atoms with Crippen LogP contribution in [0.5, 0.6) is 5.88 Å². The van der Waals surface area contributed by atoms with Gasteiger partial charge in [-0.2, -0.15) is 0 Å². The summed E-state index contributed by atoms with van der Waals surface area (Å²) in [5.74, 6) is 0.0536. The first-order chi connectivity index (χ1) is 10.9. The van der Waals surface area contributed by atoms with Gasteiger partial charge in [0.05, 0.1) is 19.0 Å². The first kappa shape index (κ1) is 15.2. The number of pyridine rings is 2. The van der Waals surface area contributed by atoms with Crippen LogP contribution in [0.15, 0.2) is 41.6 Å². The molecule has 23 heavy (non-hydrogen) atoms. The van der Waals surface area contributed by atoms with Crippen LogP contribution in [0, 0.1) is 0 Å². The molecule has 0 saturated heterocycles. The Balaban J connectivity index is 2.12. The maximum Gasteiger partial charge on any atom is 0.267 e. The Morgan fingerprint density at radius 1 is 1.26 bits per heavy atom. The summed E-state index contributed by atoms with van der Waals surface area (Å²) in [7, 11) is -2.55. The number of nitrogens with one attached hydrogen (secondary N) is 1. The van der Waals surface area contributed by atoms with Crippen molar-refractivity contribution in [2.24, 2.45) is 0 Å². The predicted octanol–water partition coefficient (Wildman–Crippen LogP) is 1.02. The minimum absolute atomic E-state index is 0.0450. The maximum absolute atomic E-state index is 12.9.